The summed E-state index contributed by atoms with van der Waals surface area (Å²) >= 11 is 0. The highest BCUT2D eigenvalue weighted by molar-refractivity contribution is 7.90. The van der Waals surface area contributed by atoms with Crippen molar-refractivity contribution in [1.29, 1.82) is 0 Å². The molecule has 0 aromatic heterocycles. The second-order valence-electron chi connectivity index (χ2n) is 7.00. The number of sulfonamides is 1. The zero-order chi connectivity index (χ0) is 23.3. The molecule has 168 valence electrons. The molecular weight excluding hydrogens is 442 g/mol. The molecular formula is C24H21N3O5S. The second-order valence-corrected chi connectivity index (χ2v) is 8.57. The Kier molecular flexibility index (Phi) is 6.50. The Morgan fingerprint density at radius 1 is 1.00 bits per heavy atom. The number of para-hydroxylation sites is 1. The van der Waals surface area contributed by atoms with E-state index in [4.69, 9.17) is 9.47 Å². The van der Waals surface area contributed by atoms with Gasteiger partial charge >= 0.3 is 5.97 Å². The number of hydrogen-bond acceptors (Lipinski definition) is 7. The highest BCUT2D eigenvalue weighted by atomic mass is 32.2. The molecule has 0 saturated carbocycles. The summed E-state index contributed by atoms with van der Waals surface area (Å²) in [7, 11) is -2.29. The first kappa shape index (κ1) is 22.2. The highest BCUT2D eigenvalue weighted by Gasteiger charge is 2.31. The van der Waals surface area contributed by atoms with Crippen LogP contribution in [-0.4, -0.2) is 51.7 Å². The maximum absolute atomic E-state index is 12.5. The number of hydrogen-bond donors (Lipinski definition) is 0. The van der Waals surface area contributed by atoms with Crippen LogP contribution in [0, 0.1) is 0 Å². The van der Waals surface area contributed by atoms with Crippen molar-refractivity contribution < 1.29 is 22.7 Å². The molecule has 8 nitrogen and oxygen atoms in total. The van der Waals surface area contributed by atoms with Gasteiger partial charge in [-0.25, -0.2) is 9.80 Å². The predicted octanol–water partition coefficient (Wildman–Crippen LogP) is 3.34. The molecule has 0 unspecified atom stereocenters. The van der Waals surface area contributed by atoms with Gasteiger partial charge in [0.15, 0.2) is 5.84 Å². The molecule has 0 atom stereocenters. The average molecular weight is 464 g/mol. The smallest absolute Gasteiger partial charge is 0.338 e. The Labute approximate surface area is 191 Å². The zero-order valence-corrected chi connectivity index (χ0v) is 18.6. The third-order valence-electron chi connectivity index (χ3n) is 4.88. The molecule has 0 amide bonds. The third kappa shape index (κ3) is 4.93. The van der Waals surface area contributed by atoms with Gasteiger partial charge in [0, 0.05) is 11.1 Å². The maximum Gasteiger partial charge on any atom is 0.338 e. The number of nitrogens with zero attached hydrogens (tertiary/aromatic N) is 3. The molecule has 9 heteroatoms. The molecule has 0 aliphatic carbocycles. The molecule has 3 aromatic carbocycles. The number of ether oxygens (including phenoxy) is 2. The first-order valence-corrected chi connectivity index (χ1v) is 11.5. The topological polar surface area (TPSA) is 97.6 Å². The molecule has 1 aliphatic rings. The molecule has 0 radical (unpaired) electrons. The minimum Gasteiger partial charge on any atom is -0.496 e. The van der Waals surface area contributed by atoms with Crippen LogP contribution in [0.25, 0.3) is 0 Å². The summed E-state index contributed by atoms with van der Waals surface area (Å²) in [6.45, 7) is 0.0607. The number of fused-ring (bicyclic) bond motifs is 1. The number of hydrazone groups is 1. The van der Waals surface area contributed by atoms with E-state index in [0.29, 0.717) is 22.4 Å². The molecule has 33 heavy (non-hydrogen) atoms. The van der Waals surface area contributed by atoms with E-state index in [9.17, 15) is 13.2 Å². The van der Waals surface area contributed by atoms with Crippen molar-refractivity contribution in [2.75, 3.05) is 20.3 Å². The SMILES string of the molecule is COc1ccccc1/C=N\N(CCOC(=O)c1ccccc1)C1=NS(=O)(=O)c2ccccc21. The lowest BCUT2D eigenvalue weighted by Crippen LogP contribution is -2.30. The van der Waals surface area contributed by atoms with Crippen LogP contribution in [0.2, 0.25) is 0 Å². The van der Waals surface area contributed by atoms with E-state index in [0.717, 1.165) is 0 Å². The van der Waals surface area contributed by atoms with Crippen molar-refractivity contribution in [3.8, 4) is 5.75 Å². The van der Waals surface area contributed by atoms with Gasteiger partial charge in [0.1, 0.15) is 17.3 Å². The van der Waals surface area contributed by atoms with Crippen molar-refractivity contribution in [1.82, 2.24) is 5.01 Å². The normalized spacial score (nSPS) is 13.9. The maximum atomic E-state index is 12.5. The van der Waals surface area contributed by atoms with Crippen molar-refractivity contribution in [2.24, 2.45) is 9.50 Å². The number of rotatable bonds is 7. The molecule has 0 saturated heterocycles. The minimum absolute atomic E-state index is 0.0295. The van der Waals surface area contributed by atoms with Crippen LogP contribution in [0.5, 0.6) is 5.75 Å². The fraction of sp³-hybridized carbons (Fsp3) is 0.125. The van der Waals surface area contributed by atoms with Gasteiger partial charge in [-0.1, -0.05) is 42.5 Å². The van der Waals surface area contributed by atoms with E-state index in [1.165, 1.54) is 11.1 Å². The largest absolute Gasteiger partial charge is 0.496 e. The predicted molar refractivity (Wildman–Crippen MR) is 124 cm³/mol. The van der Waals surface area contributed by atoms with Crippen LogP contribution in [0.3, 0.4) is 0 Å². The Hall–Kier alpha value is -3.98. The van der Waals surface area contributed by atoms with Gasteiger partial charge in [0.05, 0.1) is 25.4 Å². The number of carbonyl (C=O) groups is 1. The van der Waals surface area contributed by atoms with Crippen molar-refractivity contribution in [3.63, 3.8) is 0 Å². The highest BCUT2D eigenvalue weighted by Crippen LogP contribution is 2.27. The van der Waals surface area contributed by atoms with Gasteiger partial charge < -0.3 is 9.47 Å². The monoisotopic (exact) mass is 463 g/mol. The van der Waals surface area contributed by atoms with E-state index in [-0.39, 0.29) is 23.9 Å². The Bertz CT molecular complexity index is 1320. The molecule has 0 N–H and O–H groups in total. The van der Waals surface area contributed by atoms with Crippen molar-refractivity contribution in [3.05, 3.63) is 95.6 Å². The van der Waals surface area contributed by atoms with E-state index in [2.05, 4.69) is 9.50 Å². The lowest BCUT2D eigenvalue weighted by atomic mass is 10.2. The Balaban J connectivity index is 1.60. The van der Waals surface area contributed by atoms with Crippen LogP contribution in [0.4, 0.5) is 0 Å². The fourth-order valence-corrected chi connectivity index (χ4v) is 4.49. The van der Waals surface area contributed by atoms with Crippen LogP contribution in [0.15, 0.2) is 93.3 Å². The zero-order valence-electron chi connectivity index (χ0n) is 17.8. The fourth-order valence-electron chi connectivity index (χ4n) is 3.28. The number of carbonyl (C=O) groups excluding carboxylic acids is 1. The molecule has 1 heterocycles. The van der Waals surface area contributed by atoms with Crippen LogP contribution < -0.4 is 4.74 Å². The summed E-state index contributed by atoms with van der Waals surface area (Å²) in [6, 6.07) is 22.4. The van der Waals surface area contributed by atoms with Gasteiger partial charge in [-0.3, -0.25) is 0 Å². The lowest BCUT2D eigenvalue weighted by Gasteiger charge is -2.19. The van der Waals surface area contributed by atoms with Gasteiger partial charge in [0.25, 0.3) is 10.0 Å². The van der Waals surface area contributed by atoms with Crippen LogP contribution in [0.1, 0.15) is 21.5 Å². The van der Waals surface area contributed by atoms with Gasteiger partial charge in [-0.15, -0.1) is 4.40 Å². The van der Waals surface area contributed by atoms with Gasteiger partial charge in [0.2, 0.25) is 0 Å². The van der Waals surface area contributed by atoms with Gasteiger partial charge in [-0.2, -0.15) is 13.5 Å². The summed E-state index contributed by atoms with van der Waals surface area (Å²) < 4.78 is 39.7. The van der Waals surface area contributed by atoms with Crippen molar-refractivity contribution in [2.45, 2.75) is 4.90 Å². The number of esters is 1. The molecule has 3 aromatic rings. The summed E-state index contributed by atoms with van der Waals surface area (Å²) in [4.78, 5) is 12.4. The lowest BCUT2D eigenvalue weighted by molar-refractivity contribution is 0.0487. The standard InChI is InChI=1S/C24H21N3O5S/c1-31-21-13-7-5-11-19(21)17-25-27(15-16-32-24(28)18-9-3-2-4-10-18)23-20-12-6-8-14-22(20)33(29,30)26-23/h2-14,17H,15-16H2,1H3/b25-17-. The summed E-state index contributed by atoms with van der Waals surface area (Å²) in [5.74, 6) is 0.288. The molecule has 0 bridgehead atoms. The molecule has 4 rings (SSSR count). The molecule has 0 fully saturated rings. The summed E-state index contributed by atoms with van der Waals surface area (Å²) in [5, 5.41) is 5.87. The summed E-state index contributed by atoms with van der Waals surface area (Å²) in [6.07, 6.45) is 1.55. The quantitative estimate of drug-likeness (QED) is 0.303. The van der Waals surface area contributed by atoms with Gasteiger partial charge in [-0.05, 0) is 36.4 Å². The molecule has 1 aliphatic heterocycles. The van der Waals surface area contributed by atoms with E-state index in [1.54, 1.807) is 67.9 Å². The van der Waals surface area contributed by atoms with Crippen LogP contribution >= 0.6 is 0 Å². The first-order valence-electron chi connectivity index (χ1n) is 10.1. The summed E-state index contributed by atoms with van der Waals surface area (Å²) in [5.41, 5.74) is 1.55. The first-order chi connectivity index (χ1) is 16.0. The second kappa shape index (κ2) is 9.66. The third-order valence-corrected chi connectivity index (χ3v) is 6.20. The number of methoxy groups -OCH3 is 1. The number of benzene rings is 3. The number of amidine groups is 1. The Morgan fingerprint density at radius 3 is 2.48 bits per heavy atom. The Morgan fingerprint density at radius 2 is 1.70 bits per heavy atom. The van der Waals surface area contributed by atoms with E-state index in [1.807, 2.05) is 18.2 Å². The molecule has 0 spiro atoms. The van der Waals surface area contributed by atoms with Crippen LogP contribution in [-0.2, 0) is 14.8 Å². The van der Waals surface area contributed by atoms with E-state index >= 15 is 0 Å². The average Bonchev–Trinajstić information content (AvgIpc) is 3.12. The van der Waals surface area contributed by atoms with Crippen molar-refractivity contribution >= 4 is 28.0 Å². The minimum atomic E-state index is -3.84. The van der Waals surface area contributed by atoms with E-state index < -0.39 is 16.0 Å².